The average Bonchev–Trinajstić information content (AvgIpc) is 2.34. The molecular weight excluding hydrogens is 126 g/mol. The van der Waals surface area contributed by atoms with Crippen LogP contribution in [0.1, 0.15) is 26.2 Å². The summed E-state index contributed by atoms with van der Waals surface area (Å²) in [6.07, 6.45) is 3.50. The lowest BCUT2D eigenvalue weighted by Crippen LogP contribution is -2.23. The number of nitrogens with zero attached hydrogens (tertiary/aromatic N) is 1. The van der Waals surface area contributed by atoms with Crippen molar-refractivity contribution in [3.8, 4) is 0 Å². The minimum atomic E-state index is -0.124. The number of aliphatic hydroxyl groups excluding tert-OH is 1. The Morgan fingerprint density at radius 1 is 1.40 bits per heavy atom. The van der Waals surface area contributed by atoms with Crippen molar-refractivity contribution in [1.82, 2.24) is 4.90 Å². The number of likely N-dealkylation sites (tertiary alicyclic amines) is 1. The molecule has 0 aromatic rings. The second kappa shape index (κ2) is 3.94. The largest absolute Gasteiger partial charge is 0.393 e. The first-order valence-corrected chi connectivity index (χ1v) is 4.19. The van der Waals surface area contributed by atoms with Crippen molar-refractivity contribution in [3.63, 3.8) is 0 Å². The van der Waals surface area contributed by atoms with Gasteiger partial charge in [0.15, 0.2) is 0 Å². The summed E-state index contributed by atoms with van der Waals surface area (Å²) in [6, 6.07) is 0. The van der Waals surface area contributed by atoms with E-state index in [1.165, 1.54) is 25.9 Å². The van der Waals surface area contributed by atoms with Crippen LogP contribution in [-0.4, -0.2) is 35.7 Å². The van der Waals surface area contributed by atoms with Crippen molar-refractivity contribution < 1.29 is 5.11 Å². The van der Waals surface area contributed by atoms with Crippen molar-refractivity contribution in [2.45, 2.75) is 32.3 Å². The van der Waals surface area contributed by atoms with Crippen LogP contribution < -0.4 is 0 Å². The monoisotopic (exact) mass is 143 g/mol. The van der Waals surface area contributed by atoms with Crippen molar-refractivity contribution >= 4 is 0 Å². The fourth-order valence-corrected chi connectivity index (χ4v) is 1.38. The molecule has 0 bridgehead atoms. The second-order valence-corrected chi connectivity index (χ2v) is 3.19. The van der Waals surface area contributed by atoms with Crippen LogP contribution in [0.3, 0.4) is 0 Å². The molecule has 0 aliphatic carbocycles. The Kier molecular flexibility index (Phi) is 3.16. The minimum absolute atomic E-state index is 0.124. The second-order valence-electron chi connectivity index (χ2n) is 3.19. The summed E-state index contributed by atoms with van der Waals surface area (Å²) in [6.45, 7) is 5.42. The van der Waals surface area contributed by atoms with Gasteiger partial charge in [-0.3, -0.25) is 0 Å². The number of rotatable bonds is 3. The lowest BCUT2D eigenvalue weighted by Gasteiger charge is -2.14. The third-order valence-electron chi connectivity index (χ3n) is 2.06. The van der Waals surface area contributed by atoms with E-state index in [2.05, 4.69) is 4.90 Å². The highest BCUT2D eigenvalue weighted by molar-refractivity contribution is 4.66. The maximum atomic E-state index is 8.99. The summed E-state index contributed by atoms with van der Waals surface area (Å²) in [5.41, 5.74) is 0. The van der Waals surface area contributed by atoms with Crippen LogP contribution >= 0.6 is 0 Å². The molecule has 1 unspecified atom stereocenters. The predicted octanol–water partition coefficient (Wildman–Crippen LogP) is 0.853. The predicted molar refractivity (Wildman–Crippen MR) is 42.0 cm³/mol. The average molecular weight is 143 g/mol. The van der Waals surface area contributed by atoms with Crippen LogP contribution in [0.5, 0.6) is 0 Å². The Bertz CT molecular complexity index is 87.3. The molecule has 1 saturated heterocycles. The van der Waals surface area contributed by atoms with Gasteiger partial charge in [-0.15, -0.1) is 0 Å². The van der Waals surface area contributed by atoms with Gasteiger partial charge in [-0.05, 0) is 39.3 Å². The van der Waals surface area contributed by atoms with E-state index in [0.717, 1.165) is 13.0 Å². The van der Waals surface area contributed by atoms with Crippen molar-refractivity contribution in [3.05, 3.63) is 0 Å². The molecule has 0 spiro atoms. The maximum Gasteiger partial charge on any atom is 0.0524 e. The van der Waals surface area contributed by atoms with Gasteiger partial charge in [-0.25, -0.2) is 0 Å². The Morgan fingerprint density at radius 3 is 2.50 bits per heavy atom. The number of aliphatic hydroxyl groups is 1. The van der Waals surface area contributed by atoms with Crippen LogP contribution in [-0.2, 0) is 0 Å². The normalized spacial score (nSPS) is 23.4. The molecule has 0 aromatic carbocycles. The lowest BCUT2D eigenvalue weighted by atomic mass is 10.3. The molecule has 1 aliphatic heterocycles. The van der Waals surface area contributed by atoms with Crippen LogP contribution in [0.2, 0.25) is 0 Å². The van der Waals surface area contributed by atoms with E-state index < -0.39 is 0 Å². The zero-order valence-electron chi connectivity index (χ0n) is 6.71. The maximum absolute atomic E-state index is 8.99. The van der Waals surface area contributed by atoms with Gasteiger partial charge in [0, 0.05) is 6.54 Å². The first-order chi connectivity index (χ1) is 4.79. The third-order valence-corrected chi connectivity index (χ3v) is 2.06. The summed E-state index contributed by atoms with van der Waals surface area (Å²) in [5, 5.41) is 8.99. The van der Waals surface area contributed by atoms with Crippen molar-refractivity contribution in [1.29, 1.82) is 0 Å². The molecule has 2 heteroatoms. The highest BCUT2D eigenvalue weighted by Gasteiger charge is 2.10. The Balaban J connectivity index is 2.01. The van der Waals surface area contributed by atoms with Gasteiger partial charge in [-0.2, -0.15) is 0 Å². The number of hydrogen-bond acceptors (Lipinski definition) is 2. The molecule has 0 saturated carbocycles. The Labute approximate surface area is 62.8 Å². The molecule has 0 aromatic heterocycles. The molecule has 1 heterocycles. The molecule has 1 fully saturated rings. The van der Waals surface area contributed by atoms with Crippen LogP contribution in [0.25, 0.3) is 0 Å². The van der Waals surface area contributed by atoms with E-state index in [9.17, 15) is 0 Å². The molecule has 1 rings (SSSR count). The van der Waals surface area contributed by atoms with Crippen LogP contribution in [0.4, 0.5) is 0 Å². The molecule has 0 amide bonds. The minimum Gasteiger partial charge on any atom is -0.393 e. The third kappa shape index (κ3) is 2.67. The van der Waals surface area contributed by atoms with Gasteiger partial charge < -0.3 is 10.0 Å². The molecular formula is C8H17NO. The van der Waals surface area contributed by atoms with Crippen LogP contribution in [0.15, 0.2) is 0 Å². The van der Waals surface area contributed by atoms with Gasteiger partial charge in [0.2, 0.25) is 0 Å². The molecule has 1 atom stereocenters. The summed E-state index contributed by atoms with van der Waals surface area (Å²) in [4.78, 5) is 2.42. The zero-order chi connectivity index (χ0) is 7.40. The van der Waals surface area contributed by atoms with E-state index in [4.69, 9.17) is 5.11 Å². The molecule has 0 radical (unpaired) electrons. The van der Waals surface area contributed by atoms with E-state index in [1.54, 1.807) is 0 Å². The first kappa shape index (κ1) is 8.02. The first-order valence-electron chi connectivity index (χ1n) is 4.19. The highest BCUT2D eigenvalue weighted by atomic mass is 16.3. The Hall–Kier alpha value is -0.0800. The molecule has 1 N–H and O–H groups in total. The van der Waals surface area contributed by atoms with Gasteiger partial charge in [0.1, 0.15) is 0 Å². The SMILES string of the molecule is CC(O)CCN1CCCC1. The summed E-state index contributed by atoms with van der Waals surface area (Å²) < 4.78 is 0. The van der Waals surface area contributed by atoms with Crippen molar-refractivity contribution in [2.75, 3.05) is 19.6 Å². The van der Waals surface area contributed by atoms with Gasteiger partial charge >= 0.3 is 0 Å². The van der Waals surface area contributed by atoms with E-state index in [-0.39, 0.29) is 6.10 Å². The fourth-order valence-electron chi connectivity index (χ4n) is 1.38. The van der Waals surface area contributed by atoms with Crippen molar-refractivity contribution in [2.24, 2.45) is 0 Å². The summed E-state index contributed by atoms with van der Waals surface area (Å²) in [5.74, 6) is 0. The Morgan fingerprint density at radius 2 is 2.00 bits per heavy atom. The van der Waals surface area contributed by atoms with Crippen LogP contribution in [0, 0.1) is 0 Å². The standard InChI is InChI=1S/C8H17NO/c1-8(10)4-7-9-5-2-3-6-9/h8,10H,2-7H2,1H3. The zero-order valence-corrected chi connectivity index (χ0v) is 6.71. The van der Waals surface area contributed by atoms with E-state index >= 15 is 0 Å². The summed E-state index contributed by atoms with van der Waals surface area (Å²) >= 11 is 0. The van der Waals surface area contributed by atoms with Gasteiger partial charge in [0.05, 0.1) is 6.10 Å². The number of hydrogen-bond donors (Lipinski definition) is 1. The smallest absolute Gasteiger partial charge is 0.0524 e. The fraction of sp³-hybridized carbons (Fsp3) is 1.00. The molecule has 2 nitrogen and oxygen atoms in total. The molecule has 60 valence electrons. The van der Waals surface area contributed by atoms with E-state index in [0.29, 0.717) is 0 Å². The summed E-state index contributed by atoms with van der Waals surface area (Å²) in [7, 11) is 0. The molecule has 10 heavy (non-hydrogen) atoms. The van der Waals surface area contributed by atoms with Gasteiger partial charge in [0.25, 0.3) is 0 Å². The van der Waals surface area contributed by atoms with Gasteiger partial charge in [-0.1, -0.05) is 0 Å². The quantitative estimate of drug-likeness (QED) is 0.633. The lowest BCUT2D eigenvalue weighted by molar-refractivity contribution is 0.164. The van der Waals surface area contributed by atoms with E-state index in [1.807, 2.05) is 6.92 Å². The topological polar surface area (TPSA) is 23.5 Å². The highest BCUT2D eigenvalue weighted by Crippen LogP contribution is 2.07. The molecule has 1 aliphatic rings.